The molecule has 0 spiro atoms. The number of nitrogens with one attached hydrogen (secondary N) is 1. The lowest BCUT2D eigenvalue weighted by molar-refractivity contribution is -0.122. The minimum absolute atomic E-state index is 0.0120. The zero-order valence-electron chi connectivity index (χ0n) is 14.5. The van der Waals surface area contributed by atoms with Crippen LogP contribution in [-0.4, -0.2) is 25.0 Å². The maximum Gasteiger partial charge on any atom is 0.265 e. The SMILES string of the molecule is Cc1ccc2c(c1)N(CCC(=O)NC(C)c1ccccc1)C(=O)CO2. The van der Waals surface area contributed by atoms with Crippen LogP contribution in [0.25, 0.3) is 0 Å². The van der Waals surface area contributed by atoms with Gasteiger partial charge in [-0.1, -0.05) is 36.4 Å². The van der Waals surface area contributed by atoms with Crippen molar-refractivity contribution in [3.8, 4) is 5.75 Å². The minimum atomic E-state index is -0.123. The van der Waals surface area contributed by atoms with Gasteiger partial charge in [0.25, 0.3) is 5.91 Å². The monoisotopic (exact) mass is 338 g/mol. The summed E-state index contributed by atoms with van der Waals surface area (Å²) in [6.45, 7) is 4.27. The Kier molecular flexibility index (Phi) is 5.03. The summed E-state index contributed by atoms with van der Waals surface area (Å²) in [5.74, 6) is 0.482. The van der Waals surface area contributed by atoms with E-state index >= 15 is 0 Å². The van der Waals surface area contributed by atoms with Crippen LogP contribution in [0.1, 0.15) is 30.5 Å². The summed E-state index contributed by atoms with van der Waals surface area (Å²) in [6, 6.07) is 15.5. The van der Waals surface area contributed by atoms with Gasteiger partial charge in [-0.25, -0.2) is 0 Å². The first-order valence-electron chi connectivity index (χ1n) is 8.43. The number of hydrogen-bond acceptors (Lipinski definition) is 3. The van der Waals surface area contributed by atoms with Crippen molar-refractivity contribution >= 4 is 17.5 Å². The fraction of sp³-hybridized carbons (Fsp3) is 0.300. The van der Waals surface area contributed by atoms with Gasteiger partial charge in [0.15, 0.2) is 6.61 Å². The van der Waals surface area contributed by atoms with Crippen molar-refractivity contribution in [2.24, 2.45) is 0 Å². The van der Waals surface area contributed by atoms with E-state index in [-0.39, 0.29) is 30.9 Å². The van der Waals surface area contributed by atoms with Crippen molar-refractivity contribution in [2.45, 2.75) is 26.3 Å². The number of carbonyl (C=O) groups is 2. The predicted octanol–water partition coefficient (Wildman–Crippen LogP) is 2.99. The Morgan fingerprint density at radius 2 is 2.00 bits per heavy atom. The number of carbonyl (C=O) groups excluding carboxylic acids is 2. The first-order chi connectivity index (χ1) is 12.0. The van der Waals surface area contributed by atoms with Crippen molar-refractivity contribution in [1.29, 1.82) is 0 Å². The highest BCUT2D eigenvalue weighted by Gasteiger charge is 2.26. The molecule has 3 rings (SSSR count). The molecule has 130 valence electrons. The number of fused-ring (bicyclic) bond motifs is 1. The second kappa shape index (κ2) is 7.38. The minimum Gasteiger partial charge on any atom is -0.482 e. The van der Waals surface area contributed by atoms with Crippen LogP contribution in [0.15, 0.2) is 48.5 Å². The molecule has 5 heteroatoms. The fourth-order valence-electron chi connectivity index (χ4n) is 2.91. The third-order valence-electron chi connectivity index (χ3n) is 4.30. The molecular weight excluding hydrogens is 316 g/mol. The highest BCUT2D eigenvalue weighted by molar-refractivity contribution is 5.98. The molecule has 0 saturated carbocycles. The Morgan fingerprint density at radius 1 is 1.24 bits per heavy atom. The summed E-state index contributed by atoms with van der Waals surface area (Å²) in [6.07, 6.45) is 0.246. The molecule has 0 aliphatic carbocycles. The summed E-state index contributed by atoms with van der Waals surface area (Å²) in [5.41, 5.74) is 2.84. The maximum absolute atomic E-state index is 12.3. The van der Waals surface area contributed by atoms with Gasteiger partial charge >= 0.3 is 0 Å². The zero-order valence-corrected chi connectivity index (χ0v) is 14.5. The third kappa shape index (κ3) is 3.99. The predicted molar refractivity (Wildman–Crippen MR) is 96.6 cm³/mol. The Bertz CT molecular complexity index is 774. The van der Waals surface area contributed by atoms with Gasteiger partial charge in [-0.15, -0.1) is 0 Å². The number of amides is 2. The van der Waals surface area contributed by atoms with Crippen LogP contribution in [0.2, 0.25) is 0 Å². The van der Waals surface area contributed by atoms with Crippen molar-refractivity contribution in [3.63, 3.8) is 0 Å². The van der Waals surface area contributed by atoms with Gasteiger partial charge in [-0.2, -0.15) is 0 Å². The average Bonchev–Trinajstić information content (AvgIpc) is 2.61. The molecule has 1 N–H and O–H groups in total. The summed E-state index contributed by atoms with van der Waals surface area (Å²) in [5, 5.41) is 2.98. The molecule has 0 saturated heterocycles. The Labute approximate surface area is 147 Å². The molecular formula is C20H22N2O3. The second-order valence-corrected chi connectivity index (χ2v) is 6.26. The van der Waals surface area contributed by atoms with E-state index in [9.17, 15) is 9.59 Å². The van der Waals surface area contributed by atoms with Gasteiger partial charge in [-0.05, 0) is 37.1 Å². The maximum atomic E-state index is 12.3. The zero-order chi connectivity index (χ0) is 17.8. The lowest BCUT2D eigenvalue weighted by Crippen LogP contribution is -2.41. The van der Waals surface area contributed by atoms with Crippen molar-refractivity contribution in [2.75, 3.05) is 18.1 Å². The Hall–Kier alpha value is -2.82. The fourth-order valence-corrected chi connectivity index (χ4v) is 2.91. The number of rotatable bonds is 5. The molecule has 1 atom stereocenters. The molecule has 2 aromatic rings. The van der Waals surface area contributed by atoms with E-state index in [1.165, 1.54) is 0 Å². The number of anilines is 1. The molecule has 1 unspecified atom stereocenters. The highest BCUT2D eigenvalue weighted by Crippen LogP contribution is 2.32. The van der Waals surface area contributed by atoms with Gasteiger partial charge in [0.1, 0.15) is 5.75 Å². The third-order valence-corrected chi connectivity index (χ3v) is 4.30. The molecule has 1 heterocycles. The van der Waals surface area contributed by atoms with E-state index in [0.29, 0.717) is 12.3 Å². The molecule has 0 radical (unpaired) electrons. The van der Waals surface area contributed by atoms with Crippen molar-refractivity contribution in [1.82, 2.24) is 5.32 Å². The van der Waals surface area contributed by atoms with Crippen LogP contribution in [-0.2, 0) is 9.59 Å². The first-order valence-corrected chi connectivity index (χ1v) is 8.43. The number of hydrogen-bond donors (Lipinski definition) is 1. The van der Waals surface area contributed by atoms with Gasteiger partial charge in [0, 0.05) is 13.0 Å². The van der Waals surface area contributed by atoms with Crippen LogP contribution in [0, 0.1) is 6.92 Å². The van der Waals surface area contributed by atoms with Gasteiger partial charge in [0.2, 0.25) is 5.91 Å². The van der Waals surface area contributed by atoms with Crippen LogP contribution in [0.3, 0.4) is 0 Å². The van der Waals surface area contributed by atoms with Gasteiger partial charge in [-0.3, -0.25) is 9.59 Å². The van der Waals surface area contributed by atoms with Gasteiger partial charge < -0.3 is 15.0 Å². The normalized spacial score (nSPS) is 14.5. The Balaban J connectivity index is 1.62. The van der Waals surface area contributed by atoms with E-state index in [1.807, 2.05) is 62.4 Å². The van der Waals surface area contributed by atoms with E-state index in [1.54, 1.807) is 4.90 Å². The topological polar surface area (TPSA) is 58.6 Å². The number of nitrogens with zero attached hydrogens (tertiary/aromatic N) is 1. The molecule has 1 aliphatic heterocycles. The molecule has 25 heavy (non-hydrogen) atoms. The lowest BCUT2D eigenvalue weighted by atomic mass is 10.1. The van der Waals surface area contributed by atoms with Crippen LogP contribution in [0.4, 0.5) is 5.69 Å². The number of ether oxygens (including phenoxy) is 1. The summed E-state index contributed by atoms with van der Waals surface area (Å²) in [4.78, 5) is 26.1. The average molecular weight is 338 g/mol. The van der Waals surface area contributed by atoms with E-state index in [4.69, 9.17) is 4.74 Å². The van der Waals surface area contributed by atoms with Crippen LogP contribution in [0.5, 0.6) is 5.75 Å². The molecule has 2 amide bonds. The largest absolute Gasteiger partial charge is 0.482 e. The quantitative estimate of drug-likeness (QED) is 0.912. The smallest absolute Gasteiger partial charge is 0.265 e. The molecule has 0 aromatic heterocycles. The summed E-state index contributed by atoms with van der Waals surface area (Å²) in [7, 11) is 0. The molecule has 2 aromatic carbocycles. The summed E-state index contributed by atoms with van der Waals surface area (Å²) < 4.78 is 5.46. The van der Waals surface area contributed by atoms with Crippen molar-refractivity contribution < 1.29 is 14.3 Å². The van der Waals surface area contributed by atoms with Gasteiger partial charge in [0.05, 0.1) is 11.7 Å². The van der Waals surface area contributed by atoms with Crippen LogP contribution >= 0.6 is 0 Å². The van der Waals surface area contributed by atoms with E-state index in [0.717, 1.165) is 16.8 Å². The molecule has 5 nitrogen and oxygen atoms in total. The van der Waals surface area contributed by atoms with E-state index < -0.39 is 0 Å². The molecule has 1 aliphatic rings. The second-order valence-electron chi connectivity index (χ2n) is 6.26. The van der Waals surface area contributed by atoms with Crippen molar-refractivity contribution in [3.05, 3.63) is 59.7 Å². The highest BCUT2D eigenvalue weighted by atomic mass is 16.5. The molecule has 0 fully saturated rings. The lowest BCUT2D eigenvalue weighted by Gasteiger charge is -2.29. The summed E-state index contributed by atoms with van der Waals surface area (Å²) >= 11 is 0. The molecule has 0 bridgehead atoms. The number of benzene rings is 2. The first kappa shape index (κ1) is 17.0. The standard InChI is InChI=1S/C20H22N2O3/c1-14-8-9-18-17(12-14)22(20(24)13-25-18)11-10-19(23)21-15(2)16-6-4-3-5-7-16/h3-9,12,15H,10-11,13H2,1-2H3,(H,21,23). The Morgan fingerprint density at radius 3 is 2.76 bits per heavy atom. The van der Waals surface area contributed by atoms with E-state index in [2.05, 4.69) is 5.32 Å². The van der Waals surface area contributed by atoms with Crippen LogP contribution < -0.4 is 15.0 Å². The number of aryl methyl sites for hydroxylation is 1.